The molecule has 0 spiro atoms. The standard InChI is InChI=1S/C13H20N2O/c1-10-7-12(9-13(15-10)16-2)8-11-3-5-14-6-4-11/h7,9,11,14H,3-6,8H2,1-2H3. The van der Waals surface area contributed by atoms with Gasteiger partial charge in [0.25, 0.3) is 0 Å². The minimum Gasteiger partial charge on any atom is -0.481 e. The smallest absolute Gasteiger partial charge is 0.213 e. The molecule has 2 heterocycles. The van der Waals surface area contributed by atoms with Crippen molar-refractivity contribution >= 4 is 0 Å². The van der Waals surface area contributed by atoms with Gasteiger partial charge in [-0.2, -0.15) is 0 Å². The van der Waals surface area contributed by atoms with Crippen LogP contribution in [0.15, 0.2) is 12.1 Å². The number of aromatic nitrogens is 1. The predicted octanol–water partition coefficient (Wildman–Crippen LogP) is 1.94. The van der Waals surface area contributed by atoms with Gasteiger partial charge in [-0.05, 0) is 56.8 Å². The third-order valence-corrected chi connectivity index (χ3v) is 3.18. The Bertz CT molecular complexity index is 346. The summed E-state index contributed by atoms with van der Waals surface area (Å²) >= 11 is 0. The second-order valence-corrected chi connectivity index (χ2v) is 4.56. The Morgan fingerprint density at radius 2 is 2.12 bits per heavy atom. The fourth-order valence-corrected chi connectivity index (χ4v) is 2.35. The van der Waals surface area contributed by atoms with Crippen LogP contribution in [0.5, 0.6) is 5.88 Å². The molecule has 0 atom stereocenters. The lowest BCUT2D eigenvalue weighted by atomic mass is 9.91. The van der Waals surface area contributed by atoms with E-state index in [0.717, 1.165) is 37.0 Å². The van der Waals surface area contributed by atoms with Crippen molar-refractivity contribution in [2.45, 2.75) is 26.2 Å². The molecule has 1 saturated heterocycles. The highest BCUT2D eigenvalue weighted by Crippen LogP contribution is 2.20. The van der Waals surface area contributed by atoms with Crippen LogP contribution in [0.4, 0.5) is 0 Å². The fourth-order valence-electron chi connectivity index (χ4n) is 2.35. The van der Waals surface area contributed by atoms with Gasteiger partial charge in [0.05, 0.1) is 7.11 Å². The van der Waals surface area contributed by atoms with E-state index in [0.29, 0.717) is 0 Å². The van der Waals surface area contributed by atoms with Crippen LogP contribution in [0.1, 0.15) is 24.1 Å². The number of nitrogens with zero attached hydrogens (tertiary/aromatic N) is 1. The van der Waals surface area contributed by atoms with Crippen LogP contribution < -0.4 is 10.1 Å². The molecule has 0 saturated carbocycles. The molecule has 0 aliphatic carbocycles. The quantitative estimate of drug-likeness (QED) is 0.845. The van der Waals surface area contributed by atoms with Gasteiger partial charge in [0.2, 0.25) is 5.88 Å². The van der Waals surface area contributed by atoms with Crippen molar-refractivity contribution in [2.24, 2.45) is 5.92 Å². The molecule has 16 heavy (non-hydrogen) atoms. The lowest BCUT2D eigenvalue weighted by Crippen LogP contribution is -2.28. The second kappa shape index (κ2) is 5.30. The summed E-state index contributed by atoms with van der Waals surface area (Å²) in [4.78, 5) is 4.31. The number of ether oxygens (including phenoxy) is 1. The lowest BCUT2D eigenvalue weighted by molar-refractivity contribution is 0.369. The molecule has 1 aliphatic heterocycles. The van der Waals surface area contributed by atoms with E-state index < -0.39 is 0 Å². The highest BCUT2D eigenvalue weighted by molar-refractivity contribution is 5.25. The summed E-state index contributed by atoms with van der Waals surface area (Å²) in [5, 5.41) is 3.40. The van der Waals surface area contributed by atoms with Gasteiger partial charge in [0.15, 0.2) is 0 Å². The number of piperidine rings is 1. The average Bonchev–Trinajstić information content (AvgIpc) is 2.29. The first-order chi connectivity index (χ1) is 7.78. The molecule has 3 heteroatoms. The number of nitrogens with one attached hydrogen (secondary N) is 1. The van der Waals surface area contributed by atoms with Crippen molar-refractivity contribution in [3.8, 4) is 5.88 Å². The summed E-state index contributed by atoms with van der Waals surface area (Å²) in [6.07, 6.45) is 3.72. The minimum atomic E-state index is 0.740. The second-order valence-electron chi connectivity index (χ2n) is 4.56. The summed E-state index contributed by atoms with van der Waals surface area (Å²) in [7, 11) is 1.68. The third-order valence-electron chi connectivity index (χ3n) is 3.18. The van der Waals surface area contributed by atoms with E-state index in [2.05, 4.69) is 22.4 Å². The van der Waals surface area contributed by atoms with E-state index in [1.807, 2.05) is 6.92 Å². The first-order valence-corrected chi connectivity index (χ1v) is 6.00. The zero-order chi connectivity index (χ0) is 11.4. The van der Waals surface area contributed by atoms with Crippen molar-refractivity contribution < 1.29 is 4.74 Å². The number of hydrogen-bond donors (Lipinski definition) is 1. The number of aryl methyl sites for hydroxylation is 1. The largest absolute Gasteiger partial charge is 0.481 e. The van der Waals surface area contributed by atoms with Crippen molar-refractivity contribution in [2.75, 3.05) is 20.2 Å². The van der Waals surface area contributed by atoms with Crippen LogP contribution in [0.3, 0.4) is 0 Å². The Hall–Kier alpha value is -1.09. The van der Waals surface area contributed by atoms with Gasteiger partial charge in [0.1, 0.15) is 0 Å². The van der Waals surface area contributed by atoms with Gasteiger partial charge in [-0.3, -0.25) is 0 Å². The SMILES string of the molecule is COc1cc(CC2CCNCC2)cc(C)n1. The van der Waals surface area contributed by atoms with E-state index in [4.69, 9.17) is 4.74 Å². The molecule has 1 aromatic rings. The molecular weight excluding hydrogens is 200 g/mol. The maximum absolute atomic E-state index is 5.20. The maximum atomic E-state index is 5.20. The Kier molecular flexibility index (Phi) is 3.78. The predicted molar refractivity (Wildman–Crippen MR) is 64.8 cm³/mol. The van der Waals surface area contributed by atoms with Gasteiger partial charge in [0, 0.05) is 11.8 Å². The fraction of sp³-hybridized carbons (Fsp3) is 0.615. The van der Waals surface area contributed by atoms with Crippen molar-refractivity contribution in [1.29, 1.82) is 0 Å². The van der Waals surface area contributed by atoms with Crippen LogP contribution in [0.2, 0.25) is 0 Å². The summed E-state index contributed by atoms with van der Waals surface area (Å²) in [5.41, 5.74) is 2.40. The zero-order valence-electron chi connectivity index (χ0n) is 10.1. The van der Waals surface area contributed by atoms with E-state index in [1.54, 1.807) is 7.11 Å². The highest BCUT2D eigenvalue weighted by atomic mass is 16.5. The Labute approximate surface area is 97.2 Å². The van der Waals surface area contributed by atoms with Crippen LogP contribution in [0.25, 0.3) is 0 Å². The topological polar surface area (TPSA) is 34.1 Å². The molecule has 3 nitrogen and oxygen atoms in total. The van der Waals surface area contributed by atoms with Crippen molar-refractivity contribution in [3.63, 3.8) is 0 Å². The molecule has 0 bridgehead atoms. The van der Waals surface area contributed by atoms with Crippen LogP contribution in [-0.2, 0) is 6.42 Å². The van der Waals surface area contributed by atoms with Gasteiger partial charge < -0.3 is 10.1 Å². The normalized spacial score (nSPS) is 17.4. The number of rotatable bonds is 3. The Morgan fingerprint density at radius 3 is 2.81 bits per heavy atom. The summed E-state index contributed by atoms with van der Waals surface area (Å²) < 4.78 is 5.20. The van der Waals surface area contributed by atoms with Gasteiger partial charge in [-0.1, -0.05) is 0 Å². The van der Waals surface area contributed by atoms with Gasteiger partial charge >= 0.3 is 0 Å². The monoisotopic (exact) mass is 220 g/mol. The average molecular weight is 220 g/mol. The van der Waals surface area contributed by atoms with Crippen LogP contribution >= 0.6 is 0 Å². The number of pyridine rings is 1. The first-order valence-electron chi connectivity index (χ1n) is 6.00. The molecule has 0 aromatic carbocycles. The minimum absolute atomic E-state index is 0.740. The molecular formula is C13H20N2O. The van der Waals surface area contributed by atoms with Crippen molar-refractivity contribution in [1.82, 2.24) is 10.3 Å². The molecule has 2 rings (SSSR count). The maximum Gasteiger partial charge on any atom is 0.213 e. The first kappa shape index (κ1) is 11.4. The third kappa shape index (κ3) is 2.95. The van der Waals surface area contributed by atoms with E-state index >= 15 is 0 Å². The molecule has 1 fully saturated rings. The van der Waals surface area contributed by atoms with E-state index in [-0.39, 0.29) is 0 Å². The molecule has 0 unspecified atom stereocenters. The lowest BCUT2D eigenvalue weighted by Gasteiger charge is -2.22. The molecule has 1 aromatic heterocycles. The number of methoxy groups -OCH3 is 1. The van der Waals surface area contributed by atoms with E-state index in [9.17, 15) is 0 Å². The molecule has 0 amide bonds. The zero-order valence-corrected chi connectivity index (χ0v) is 10.1. The summed E-state index contributed by atoms with van der Waals surface area (Å²) in [6.45, 7) is 4.34. The van der Waals surface area contributed by atoms with Crippen LogP contribution in [0, 0.1) is 12.8 Å². The van der Waals surface area contributed by atoms with Gasteiger partial charge in [-0.25, -0.2) is 4.98 Å². The molecule has 88 valence electrons. The Morgan fingerprint density at radius 1 is 1.38 bits per heavy atom. The molecule has 1 N–H and O–H groups in total. The highest BCUT2D eigenvalue weighted by Gasteiger charge is 2.14. The van der Waals surface area contributed by atoms with Crippen molar-refractivity contribution in [3.05, 3.63) is 23.4 Å². The van der Waals surface area contributed by atoms with E-state index in [1.165, 1.54) is 18.4 Å². The number of hydrogen-bond acceptors (Lipinski definition) is 3. The summed E-state index contributed by atoms with van der Waals surface area (Å²) in [5.74, 6) is 1.55. The molecule has 0 radical (unpaired) electrons. The van der Waals surface area contributed by atoms with Gasteiger partial charge in [-0.15, -0.1) is 0 Å². The molecule has 1 aliphatic rings. The van der Waals surface area contributed by atoms with Crippen LogP contribution in [-0.4, -0.2) is 25.2 Å². The summed E-state index contributed by atoms with van der Waals surface area (Å²) in [6, 6.07) is 4.24. The Balaban J connectivity index is 2.04.